The molecule has 0 bridgehead atoms. The average molecular weight is 471 g/mol. The number of aliphatic carboxylic acids is 1. The van der Waals surface area contributed by atoms with Crippen LogP contribution in [0.4, 0.5) is 4.39 Å². The number of aromatic nitrogens is 2. The summed E-state index contributed by atoms with van der Waals surface area (Å²) in [5, 5.41) is 19.9. The fourth-order valence-electron chi connectivity index (χ4n) is 4.01. The van der Waals surface area contributed by atoms with E-state index in [-0.39, 0.29) is 22.4 Å². The lowest BCUT2D eigenvalue weighted by molar-refractivity contribution is -0.139. The number of hydrogen-bond donors (Lipinski definition) is 4. The highest BCUT2D eigenvalue weighted by Crippen LogP contribution is 2.44. The summed E-state index contributed by atoms with van der Waals surface area (Å²) in [5.41, 5.74) is 2.79. The minimum atomic E-state index is -1.22. The van der Waals surface area contributed by atoms with Crippen molar-refractivity contribution in [2.24, 2.45) is 0 Å². The highest BCUT2D eigenvalue weighted by Gasteiger charge is 2.28. The normalized spacial score (nSPS) is 11.3. The summed E-state index contributed by atoms with van der Waals surface area (Å²) in [7, 11) is 0. The summed E-state index contributed by atoms with van der Waals surface area (Å²) in [4.78, 5) is 29.1. The number of nitrogens with one attached hydrogen (secondary N) is 2. The Morgan fingerprint density at radius 2 is 1.88 bits per heavy atom. The second-order valence-corrected chi connectivity index (χ2v) is 8.25. The lowest BCUT2D eigenvalue weighted by Gasteiger charge is -2.15. The number of fused-ring (bicyclic) bond motifs is 1. The summed E-state index contributed by atoms with van der Waals surface area (Å²) in [6.07, 6.45) is 1.69. The van der Waals surface area contributed by atoms with Gasteiger partial charge in [0.15, 0.2) is 6.61 Å². The molecule has 0 aliphatic carbocycles. The van der Waals surface area contributed by atoms with Gasteiger partial charge in [-0.25, -0.2) is 14.0 Å². The van der Waals surface area contributed by atoms with Crippen LogP contribution in [-0.2, 0) is 4.79 Å². The van der Waals surface area contributed by atoms with Crippen molar-refractivity contribution < 1.29 is 28.9 Å². The molecule has 4 aromatic rings. The molecule has 4 rings (SSSR count). The predicted molar refractivity (Wildman–Crippen MR) is 123 cm³/mol. The fraction of sp³-hybridized carbons (Fsp3) is 0.167. The Bertz CT molecular complexity index is 1390. The summed E-state index contributed by atoms with van der Waals surface area (Å²) in [5.74, 6) is -2.77. The summed E-state index contributed by atoms with van der Waals surface area (Å²) in [6.45, 7) is 3.24. The lowest BCUT2D eigenvalue weighted by atomic mass is 9.90. The van der Waals surface area contributed by atoms with Crippen molar-refractivity contribution in [2.45, 2.75) is 19.8 Å². The van der Waals surface area contributed by atoms with Crippen LogP contribution in [0.5, 0.6) is 5.75 Å². The maximum Gasteiger partial charge on any atom is 0.352 e. The number of rotatable bonds is 7. The van der Waals surface area contributed by atoms with Gasteiger partial charge in [0, 0.05) is 38.8 Å². The third-order valence-electron chi connectivity index (χ3n) is 5.30. The number of ether oxygens (including phenoxy) is 1. The van der Waals surface area contributed by atoms with E-state index in [1.807, 2.05) is 13.8 Å². The molecule has 0 spiro atoms. The van der Waals surface area contributed by atoms with Crippen molar-refractivity contribution in [1.82, 2.24) is 9.97 Å². The first kappa shape index (κ1) is 22.4. The van der Waals surface area contributed by atoms with Crippen molar-refractivity contribution in [3.63, 3.8) is 0 Å². The largest absolute Gasteiger partial charge is 0.482 e. The Morgan fingerprint density at radius 1 is 1.12 bits per heavy atom. The maximum atomic E-state index is 14.4. The number of carboxylic acid groups (broad SMARTS) is 2. The average Bonchev–Trinajstić information content (AvgIpc) is 3.37. The van der Waals surface area contributed by atoms with Gasteiger partial charge in [0.1, 0.15) is 17.3 Å². The molecule has 170 valence electrons. The number of carbonyl (C=O) groups is 2. The number of carboxylic acids is 2. The molecule has 0 unspecified atom stereocenters. The molecule has 0 aliphatic heterocycles. The van der Waals surface area contributed by atoms with E-state index >= 15 is 0 Å². The van der Waals surface area contributed by atoms with Gasteiger partial charge >= 0.3 is 11.9 Å². The van der Waals surface area contributed by atoms with Crippen LogP contribution in [0.25, 0.3) is 33.3 Å². The molecule has 9 heteroatoms. The molecule has 0 saturated heterocycles. The lowest BCUT2D eigenvalue weighted by Crippen LogP contribution is -2.09. The second-order valence-electron chi connectivity index (χ2n) is 7.84. The van der Waals surface area contributed by atoms with Crippen LogP contribution in [0.3, 0.4) is 0 Å². The van der Waals surface area contributed by atoms with E-state index in [4.69, 9.17) is 21.4 Å². The van der Waals surface area contributed by atoms with Crippen LogP contribution >= 0.6 is 11.6 Å². The van der Waals surface area contributed by atoms with Gasteiger partial charge in [-0.2, -0.15) is 0 Å². The smallest absolute Gasteiger partial charge is 0.352 e. The van der Waals surface area contributed by atoms with Crippen molar-refractivity contribution in [2.75, 3.05) is 6.61 Å². The van der Waals surface area contributed by atoms with E-state index in [1.165, 1.54) is 30.3 Å². The molecule has 4 N–H and O–H groups in total. The van der Waals surface area contributed by atoms with Crippen LogP contribution < -0.4 is 4.74 Å². The van der Waals surface area contributed by atoms with Gasteiger partial charge in [-0.05, 0) is 47.9 Å². The van der Waals surface area contributed by atoms with Crippen LogP contribution in [0.1, 0.15) is 35.8 Å². The zero-order valence-corrected chi connectivity index (χ0v) is 18.5. The van der Waals surface area contributed by atoms with Gasteiger partial charge in [-0.1, -0.05) is 25.4 Å². The molecule has 33 heavy (non-hydrogen) atoms. The highest BCUT2D eigenvalue weighted by atomic mass is 35.5. The summed E-state index contributed by atoms with van der Waals surface area (Å²) < 4.78 is 19.7. The zero-order valence-electron chi connectivity index (χ0n) is 17.7. The molecular formula is C24H20ClFN2O5. The van der Waals surface area contributed by atoms with Crippen LogP contribution in [0.15, 0.2) is 42.6 Å². The standard InChI is InChI=1S/C24H20ClFN2O5/c1-11(2)20-21(16-9-13(3-4-17(16)25)33-10-19(29)30)23(24(31)32)28-22(20)15-7-12(26)8-18-14(15)5-6-27-18/h3-9,11,27-28H,10H2,1-2H3,(H,29,30)(H,31,32). The molecule has 2 aromatic heterocycles. The highest BCUT2D eigenvalue weighted by molar-refractivity contribution is 6.33. The number of aromatic carboxylic acids is 1. The third kappa shape index (κ3) is 4.17. The molecular weight excluding hydrogens is 451 g/mol. The number of aromatic amines is 2. The Kier molecular flexibility index (Phi) is 5.86. The first-order valence-corrected chi connectivity index (χ1v) is 10.5. The fourth-order valence-corrected chi connectivity index (χ4v) is 4.23. The number of benzene rings is 2. The quantitative estimate of drug-likeness (QED) is 0.268. The predicted octanol–water partition coefficient (Wildman–Crippen LogP) is 5.91. The first-order valence-electron chi connectivity index (χ1n) is 10.1. The minimum Gasteiger partial charge on any atom is -0.482 e. The Balaban J connectivity index is 2.02. The molecule has 0 atom stereocenters. The number of H-pyrrole nitrogens is 2. The van der Waals surface area contributed by atoms with Gasteiger partial charge in [0.2, 0.25) is 0 Å². The summed E-state index contributed by atoms with van der Waals surface area (Å²) >= 11 is 6.46. The van der Waals surface area contributed by atoms with Gasteiger partial charge in [0.25, 0.3) is 0 Å². The molecule has 0 radical (unpaired) electrons. The second kappa shape index (κ2) is 8.63. The molecule has 0 amide bonds. The number of halogens is 2. The van der Waals surface area contributed by atoms with E-state index < -0.39 is 24.4 Å². The minimum absolute atomic E-state index is 0.112. The van der Waals surface area contributed by atoms with Crippen LogP contribution in [0.2, 0.25) is 5.02 Å². The molecule has 0 fully saturated rings. The van der Waals surface area contributed by atoms with Crippen molar-refractivity contribution in [1.29, 1.82) is 0 Å². The molecule has 7 nitrogen and oxygen atoms in total. The Hall–Kier alpha value is -3.78. The number of hydrogen-bond acceptors (Lipinski definition) is 3. The molecule has 0 aliphatic rings. The Morgan fingerprint density at radius 3 is 2.55 bits per heavy atom. The zero-order chi connectivity index (χ0) is 23.9. The third-order valence-corrected chi connectivity index (χ3v) is 5.63. The maximum absolute atomic E-state index is 14.4. The Labute approximate surface area is 192 Å². The van der Waals surface area contributed by atoms with Crippen LogP contribution in [-0.4, -0.2) is 38.7 Å². The first-order chi connectivity index (χ1) is 15.7. The van der Waals surface area contributed by atoms with Gasteiger partial charge in [0.05, 0.1) is 5.69 Å². The molecule has 0 saturated carbocycles. The van der Waals surface area contributed by atoms with E-state index in [1.54, 1.807) is 12.3 Å². The van der Waals surface area contributed by atoms with Crippen molar-refractivity contribution in [3.8, 4) is 28.1 Å². The summed E-state index contributed by atoms with van der Waals surface area (Å²) in [6, 6.07) is 9.06. The molecule has 2 aromatic carbocycles. The molecule has 2 heterocycles. The van der Waals surface area contributed by atoms with Gasteiger partial charge in [-0.15, -0.1) is 0 Å². The van der Waals surface area contributed by atoms with Crippen LogP contribution in [0, 0.1) is 5.82 Å². The SMILES string of the molecule is CC(C)c1c(-c2cc(F)cc3[nH]ccc23)[nH]c(C(=O)O)c1-c1cc(OCC(=O)O)ccc1Cl. The van der Waals surface area contributed by atoms with Gasteiger partial charge < -0.3 is 24.9 Å². The van der Waals surface area contributed by atoms with E-state index in [0.29, 0.717) is 33.5 Å². The van der Waals surface area contributed by atoms with Gasteiger partial charge in [-0.3, -0.25) is 0 Å². The van der Waals surface area contributed by atoms with E-state index in [2.05, 4.69) is 9.97 Å². The van der Waals surface area contributed by atoms with E-state index in [0.717, 1.165) is 5.39 Å². The topological polar surface area (TPSA) is 115 Å². The van der Waals surface area contributed by atoms with E-state index in [9.17, 15) is 19.1 Å². The van der Waals surface area contributed by atoms with Crippen molar-refractivity contribution in [3.05, 3.63) is 64.7 Å². The van der Waals surface area contributed by atoms with Crippen molar-refractivity contribution >= 4 is 34.4 Å². The monoisotopic (exact) mass is 470 g/mol.